The van der Waals surface area contributed by atoms with E-state index in [2.05, 4.69) is 4.98 Å². The van der Waals surface area contributed by atoms with Gasteiger partial charge in [-0.2, -0.15) is 13.2 Å². The van der Waals surface area contributed by atoms with E-state index < -0.39 is 23.5 Å². The number of carboxylic acid groups (broad SMARTS) is 1. The van der Waals surface area contributed by atoms with Gasteiger partial charge in [-0.3, -0.25) is 0 Å². The summed E-state index contributed by atoms with van der Waals surface area (Å²) in [6.45, 7) is 0.476. The van der Waals surface area contributed by atoms with Gasteiger partial charge in [-0.05, 0) is 65.6 Å². The normalized spacial score (nSPS) is 13.4. The standard InChI is InChI=1S/C25H16F4N2O2/c26-16-7-8-21-19(12-16)20(24(32)33)13-23(30-21)31-10-9-18-17(5-2-6-22(18)31)14-3-1-4-15(11-14)25(27,28)29/h1-8,11-13H,9-10H2,(H,32,33). The SMILES string of the molecule is O=C(O)c1cc(N2CCc3c(-c4cccc(C(F)(F)F)c4)cccc32)nc2ccc(F)cc12. The van der Waals surface area contributed by atoms with Gasteiger partial charge in [0.05, 0.1) is 16.6 Å². The maximum Gasteiger partial charge on any atom is 0.416 e. The molecular weight excluding hydrogens is 436 g/mol. The molecule has 1 aliphatic rings. The van der Waals surface area contributed by atoms with Gasteiger partial charge < -0.3 is 10.0 Å². The second-order valence-electron chi connectivity index (χ2n) is 7.78. The Kier molecular flexibility index (Phi) is 4.81. The summed E-state index contributed by atoms with van der Waals surface area (Å²) in [5.74, 6) is -1.38. The molecule has 0 aliphatic carbocycles. The predicted octanol–water partition coefficient (Wildman–Crippen LogP) is 6.45. The van der Waals surface area contributed by atoms with E-state index in [1.807, 2.05) is 11.0 Å². The minimum absolute atomic E-state index is 0.0722. The van der Waals surface area contributed by atoms with E-state index in [0.29, 0.717) is 35.4 Å². The van der Waals surface area contributed by atoms with Crippen LogP contribution in [0.4, 0.5) is 29.1 Å². The van der Waals surface area contributed by atoms with Gasteiger partial charge in [-0.25, -0.2) is 14.2 Å². The molecule has 0 bridgehead atoms. The molecule has 2 heterocycles. The molecule has 0 radical (unpaired) electrons. The second-order valence-corrected chi connectivity index (χ2v) is 7.78. The predicted molar refractivity (Wildman–Crippen MR) is 116 cm³/mol. The van der Waals surface area contributed by atoms with Crippen LogP contribution in [0.2, 0.25) is 0 Å². The molecule has 1 N–H and O–H groups in total. The molecule has 166 valence electrons. The number of aromatic carboxylic acids is 1. The molecule has 33 heavy (non-hydrogen) atoms. The van der Waals surface area contributed by atoms with Gasteiger partial charge in [0.15, 0.2) is 0 Å². The van der Waals surface area contributed by atoms with Gasteiger partial charge in [0.2, 0.25) is 0 Å². The fourth-order valence-electron chi connectivity index (χ4n) is 4.31. The maximum atomic E-state index is 13.7. The lowest BCUT2D eigenvalue weighted by Gasteiger charge is -2.20. The van der Waals surface area contributed by atoms with Crippen molar-refractivity contribution in [2.24, 2.45) is 0 Å². The van der Waals surface area contributed by atoms with E-state index >= 15 is 0 Å². The highest BCUT2D eigenvalue weighted by Gasteiger charge is 2.31. The minimum Gasteiger partial charge on any atom is -0.478 e. The van der Waals surface area contributed by atoms with Crippen molar-refractivity contribution in [1.82, 2.24) is 4.98 Å². The molecule has 0 saturated heterocycles. The molecule has 1 aliphatic heterocycles. The monoisotopic (exact) mass is 452 g/mol. The Morgan fingerprint density at radius 2 is 1.79 bits per heavy atom. The summed E-state index contributed by atoms with van der Waals surface area (Å²) < 4.78 is 53.3. The number of fused-ring (bicyclic) bond motifs is 2. The van der Waals surface area contributed by atoms with Crippen molar-refractivity contribution in [2.75, 3.05) is 11.4 Å². The van der Waals surface area contributed by atoms with Crippen LogP contribution < -0.4 is 4.90 Å². The quantitative estimate of drug-likeness (QED) is 0.363. The first-order valence-electron chi connectivity index (χ1n) is 10.1. The van der Waals surface area contributed by atoms with E-state index in [9.17, 15) is 27.5 Å². The van der Waals surface area contributed by atoms with Gasteiger partial charge in [0.25, 0.3) is 0 Å². The molecular formula is C25H16F4N2O2. The van der Waals surface area contributed by atoms with Crippen molar-refractivity contribution in [2.45, 2.75) is 12.6 Å². The van der Waals surface area contributed by atoms with Crippen LogP contribution in [-0.2, 0) is 12.6 Å². The number of anilines is 2. The highest BCUT2D eigenvalue weighted by Crippen LogP contribution is 2.41. The topological polar surface area (TPSA) is 53.4 Å². The Labute approximate surface area is 185 Å². The van der Waals surface area contributed by atoms with Gasteiger partial charge in [-0.1, -0.05) is 24.3 Å². The smallest absolute Gasteiger partial charge is 0.416 e. The number of alkyl halides is 3. The summed E-state index contributed by atoms with van der Waals surface area (Å²) in [4.78, 5) is 18.2. The van der Waals surface area contributed by atoms with Crippen molar-refractivity contribution in [1.29, 1.82) is 0 Å². The third-order valence-electron chi connectivity index (χ3n) is 5.79. The Hall–Kier alpha value is -3.94. The fraction of sp³-hybridized carbons (Fsp3) is 0.120. The van der Waals surface area contributed by atoms with Crippen molar-refractivity contribution >= 4 is 28.4 Å². The minimum atomic E-state index is -4.44. The molecule has 0 fully saturated rings. The van der Waals surface area contributed by atoms with Crippen molar-refractivity contribution in [3.8, 4) is 11.1 Å². The zero-order valence-electron chi connectivity index (χ0n) is 17.0. The summed E-state index contributed by atoms with van der Waals surface area (Å²) in [6.07, 6.45) is -3.89. The van der Waals surface area contributed by atoms with Gasteiger partial charge in [-0.15, -0.1) is 0 Å². The van der Waals surface area contributed by atoms with E-state index in [1.165, 1.54) is 24.3 Å². The number of carboxylic acids is 1. The molecule has 3 aromatic carbocycles. The molecule has 0 spiro atoms. The third-order valence-corrected chi connectivity index (χ3v) is 5.79. The van der Waals surface area contributed by atoms with Crippen molar-refractivity contribution in [3.63, 3.8) is 0 Å². The summed E-state index contributed by atoms with van der Waals surface area (Å²) in [6, 6.07) is 15.7. The van der Waals surface area contributed by atoms with Crippen LogP contribution in [-0.4, -0.2) is 22.6 Å². The number of carbonyl (C=O) groups is 1. The second kappa shape index (κ2) is 7.58. The van der Waals surface area contributed by atoms with E-state index in [4.69, 9.17) is 0 Å². The number of benzene rings is 3. The number of hydrogen-bond donors (Lipinski definition) is 1. The number of hydrogen-bond acceptors (Lipinski definition) is 3. The molecule has 1 aromatic heterocycles. The molecule has 0 saturated carbocycles. The van der Waals surface area contributed by atoms with Crippen LogP contribution in [0.3, 0.4) is 0 Å². The van der Waals surface area contributed by atoms with Gasteiger partial charge in [0.1, 0.15) is 11.6 Å². The van der Waals surface area contributed by atoms with Crippen LogP contribution >= 0.6 is 0 Å². The van der Waals surface area contributed by atoms with Crippen LogP contribution in [0, 0.1) is 5.82 Å². The molecule has 0 atom stereocenters. The molecule has 4 nitrogen and oxygen atoms in total. The third kappa shape index (κ3) is 3.67. The number of aromatic nitrogens is 1. The average molecular weight is 452 g/mol. The summed E-state index contributed by atoms with van der Waals surface area (Å²) in [7, 11) is 0. The first-order chi connectivity index (χ1) is 15.7. The largest absolute Gasteiger partial charge is 0.478 e. The summed E-state index contributed by atoms with van der Waals surface area (Å²) in [5.41, 5.74) is 2.29. The fourth-order valence-corrected chi connectivity index (χ4v) is 4.31. The first-order valence-corrected chi connectivity index (χ1v) is 10.1. The molecule has 8 heteroatoms. The Bertz CT molecular complexity index is 1420. The highest BCUT2D eigenvalue weighted by atomic mass is 19.4. The molecule has 5 rings (SSSR count). The van der Waals surface area contributed by atoms with Crippen LogP contribution in [0.5, 0.6) is 0 Å². The van der Waals surface area contributed by atoms with E-state index in [0.717, 1.165) is 29.4 Å². The number of rotatable bonds is 3. The van der Waals surface area contributed by atoms with Crippen LogP contribution in [0.15, 0.2) is 66.7 Å². The zero-order chi connectivity index (χ0) is 23.3. The van der Waals surface area contributed by atoms with E-state index in [1.54, 1.807) is 18.2 Å². The molecule has 0 unspecified atom stereocenters. The first kappa shape index (κ1) is 20.9. The number of pyridine rings is 1. The van der Waals surface area contributed by atoms with Crippen molar-refractivity contribution < 1.29 is 27.5 Å². The Morgan fingerprint density at radius 3 is 2.55 bits per heavy atom. The number of halogens is 4. The lowest BCUT2D eigenvalue weighted by atomic mass is 9.96. The summed E-state index contributed by atoms with van der Waals surface area (Å²) in [5, 5.41) is 9.86. The zero-order valence-corrected chi connectivity index (χ0v) is 17.0. The maximum absolute atomic E-state index is 13.7. The average Bonchev–Trinajstić information content (AvgIpc) is 3.22. The summed E-state index contributed by atoms with van der Waals surface area (Å²) >= 11 is 0. The van der Waals surface area contributed by atoms with Crippen molar-refractivity contribution in [3.05, 3.63) is 89.2 Å². The van der Waals surface area contributed by atoms with Gasteiger partial charge >= 0.3 is 12.1 Å². The van der Waals surface area contributed by atoms with Crippen LogP contribution in [0.1, 0.15) is 21.5 Å². The Balaban J connectivity index is 1.62. The number of nitrogens with zero attached hydrogens (tertiary/aromatic N) is 2. The highest BCUT2D eigenvalue weighted by molar-refractivity contribution is 6.03. The lowest BCUT2D eigenvalue weighted by molar-refractivity contribution is -0.137. The molecule has 4 aromatic rings. The van der Waals surface area contributed by atoms with Gasteiger partial charge in [0, 0.05) is 17.6 Å². The molecule has 0 amide bonds. The van der Waals surface area contributed by atoms with E-state index in [-0.39, 0.29) is 10.9 Å². The lowest BCUT2D eigenvalue weighted by Crippen LogP contribution is -2.16. The Morgan fingerprint density at radius 1 is 1.00 bits per heavy atom. The van der Waals surface area contributed by atoms with Crippen LogP contribution in [0.25, 0.3) is 22.0 Å².